The Morgan fingerprint density at radius 3 is 2.66 bits per heavy atom. The molecule has 1 aliphatic heterocycles. The SMILES string of the molecule is COCc1cc(-c2cc3cc[nH]c(=O)c3c(Nc3ccc(N4CCOCC4)c(F)c3)n2)ccc1S(N)(=O)=O. The van der Waals surface area contributed by atoms with E-state index in [4.69, 9.17) is 14.6 Å². The predicted octanol–water partition coefficient (Wildman–Crippen LogP) is 3.10. The number of primary sulfonamides is 1. The van der Waals surface area contributed by atoms with Crippen molar-refractivity contribution >= 4 is 38.0 Å². The lowest BCUT2D eigenvalue weighted by atomic mass is 10.1. The van der Waals surface area contributed by atoms with E-state index in [1.165, 1.54) is 25.4 Å². The number of sulfonamides is 1. The largest absolute Gasteiger partial charge is 0.380 e. The van der Waals surface area contributed by atoms with E-state index in [9.17, 15) is 13.2 Å². The Hall–Kier alpha value is -3.84. The second kappa shape index (κ2) is 10.5. The molecule has 1 aliphatic rings. The van der Waals surface area contributed by atoms with Crippen LogP contribution in [0.3, 0.4) is 0 Å². The summed E-state index contributed by atoms with van der Waals surface area (Å²) in [4.78, 5) is 21.9. The maximum atomic E-state index is 15.0. The van der Waals surface area contributed by atoms with Gasteiger partial charge >= 0.3 is 0 Å². The molecule has 1 fully saturated rings. The van der Waals surface area contributed by atoms with Gasteiger partial charge in [0.25, 0.3) is 5.56 Å². The number of nitrogens with two attached hydrogens (primary N) is 1. The van der Waals surface area contributed by atoms with Crippen molar-refractivity contribution in [2.45, 2.75) is 11.5 Å². The predicted molar refractivity (Wildman–Crippen MR) is 143 cm³/mol. The van der Waals surface area contributed by atoms with Crippen LogP contribution in [-0.4, -0.2) is 51.8 Å². The standard InChI is InChI=1S/C26H26FN5O5S/c1-36-15-18-12-16(2-5-23(18)38(28,34)35)21-13-17-6-7-29-26(33)24(17)25(31-21)30-19-3-4-22(20(27)14-19)32-8-10-37-11-9-32/h2-7,12-14H,8-11,15H2,1H3,(H,29,33)(H,30,31)(H2,28,34,35). The zero-order valence-electron chi connectivity index (χ0n) is 20.5. The van der Waals surface area contributed by atoms with Crippen molar-refractivity contribution in [1.82, 2.24) is 9.97 Å². The Morgan fingerprint density at radius 2 is 1.95 bits per heavy atom. The molecule has 3 heterocycles. The summed E-state index contributed by atoms with van der Waals surface area (Å²) in [6.07, 6.45) is 1.52. The van der Waals surface area contributed by atoms with Gasteiger partial charge in [0.15, 0.2) is 0 Å². The van der Waals surface area contributed by atoms with Gasteiger partial charge < -0.3 is 24.7 Å². The van der Waals surface area contributed by atoms with E-state index in [1.54, 1.807) is 36.4 Å². The third-order valence-electron chi connectivity index (χ3n) is 6.28. The number of benzene rings is 2. The van der Waals surface area contributed by atoms with E-state index in [2.05, 4.69) is 15.3 Å². The molecule has 10 nitrogen and oxygen atoms in total. The molecule has 0 bridgehead atoms. The van der Waals surface area contributed by atoms with Crippen molar-refractivity contribution in [1.29, 1.82) is 0 Å². The number of aromatic nitrogens is 2. The number of pyridine rings is 2. The van der Waals surface area contributed by atoms with Crippen LogP contribution in [0.5, 0.6) is 0 Å². The molecule has 12 heteroatoms. The first-order valence-electron chi connectivity index (χ1n) is 11.8. The summed E-state index contributed by atoms with van der Waals surface area (Å²) in [7, 11) is -2.51. The van der Waals surface area contributed by atoms with Crippen LogP contribution in [0.4, 0.5) is 21.6 Å². The molecule has 198 valence electrons. The second-order valence-electron chi connectivity index (χ2n) is 8.82. The lowest BCUT2D eigenvalue weighted by molar-refractivity contribution is 0.122. The summed E-state index contributed by atoms with van der Waals surface area (Å²) < 4.78 is 49.6. The van der Waals surface area contributed by atoms with Crippen LogP contribution < -0.4 is 20.9 Å². The Labute approximate surface area is 218 Å². The van der Waals surface area contributed by atoms with Crippen molar-refractivity contribution < 1.29 is 22.3 Å². The Kier molecular flexibility index (Phi) is 7.13. The molecular formula is C26H26FN5O5S. The van der Waals surface area contributed by atoms with Gasteiger partial charge in [-0.2, -0.15) is 0 Å². The molecular weight excluding hydrogens is 513 g/mol. The van der Waals surface area contributed by atoms with Gasteiger partial charge in [-0.25, -0.2) is 22.9 Å². The fourth-order valence-corrected chi connectivity index (χ4v) is 5.26. The summed E-state index contributed by atoms with van der Waals surface area (Å²) in [6.45, 7) is 2.29. The van der Waals surface area contributed by atoms with Gasteiger partial charge in [0, 0.05) is 37.6 Å². The summed E-state index contributed by atoms with van der Waals surface area (Å²) >= 11 is 0. The molecule has 4 aromatic rings. The van der Waals surface area contributed by atoms with E-state index in [1.807, 2.05) is 4.90 Å². The molecule has 4 N–H and O–H groups in total. The first-order valence-corrected chi connectivity index (χ1v) is 13.4. The Morgan fingerprint density at radius 1 is 1.16 bits per heavy atom. The number of hydrogen-bond donors (Lipinski definition) is 3. The van der Waals surface area contributed by atoms with Crippen LogP contribution in [0.25, 0.3) is 22.0 Å². The zero-order chi connectivity index (χ0) is 26.9. The van der Waals surface area contributed by atoms with E-state index >= 15 is 4.39 Å². The number of nitrogens with one attached hydrogen (secondary N) is 2. The quantitative estimate of drug-likeness (QED) is 0.326. The Balaban J connectivity index is 1.57. The molecule has 0 aliphatic carbocycles. The third kappa shape index (κ3) is 5.24. The number of hydrogen-bond acceptors (Lipinski definition) is 8. The summed E-state index contributed by atoms with van der Waals surface area (Å²) in [5.41, 5.74) is 1.95. The van der Waals surface area contributed by atoms with Crippen LogP contribution in [0.1, 0.15) is 5.56 Å². The highest BCUT2D eigenvalue weighted by Gasteiger charge is 2.19. The van der Waals surface area contributed by atoms with Gasteiger partial charge in [0.1, 0.15) is 11.6 Å². The van der Waals surface area contributed by atoms with Crippen LogP contribution in [0, 0.1) is 5.82 Å². The number of halogens is 1. The summed E-state index contributed by atoms with van der Waals surface area (Å²) in [5, 5.41) is 9.34. The van der Waals surface area contributed by atoms with Crippen LogP contribution in [0.2, 0.25) is 0 Å². The van der Waals surface area contributed by atoms with Gasteiger partial charge in [-0.1, -0.05) is 6.07 Å². The van der Waals surface area contributed by atoms with Crippen molar-refractivity contribution in [3.63, 3.8) is 0 Å². The minimum atomic E-state index is -3.96. The van der Waals surface area contributed by atoms with Crippen molar-refractivity contribution in [2.24, 2.45) is 5.14 Å². The van der Waals surface area contributed by atoms with E-state index in [0.717, 1.165) is 0 Å². The van der Waals surface area contributed by atoms with Crippen molar-refractivity contribution in [3.05, 3.63) is 76.5 Å². The summed E-state index contributed by atoms with van der Waals surface area (Å²) in [5.74, 6) is -0.184. The Bertz CT molecular complexity index is 1670. The smallest absolute Gasteiger partial charge is 0.259 e. The molecule has 0 atom stereocenters. The number of morpholine rings is 1. The molecule has 1 saturated heterocycles. The molecule has 0 radical (unpaired) electrons. The van der Waals surface area contributed by atoms with E-state index < -0.39 is 15.8 Å². The third-order valence-corrected chi connectivity index (χ3v) is 7.29. The average molecular weight is 540 g/mol. The van der Waals surface area contributed by atoms with E-state index in [-0.39, 0.29) is 22.9 Å². The zero-order valence-corrected chi connectivity index (χ0v) is 21.3. The monoisotopic (exact) mass is 539 g/mol. The number of H-pyrrole nitrogens is 1. The lowest BCUT2D eigenvalue weighted by Gasteiger charge is -2.29. The minimum absolute atomic E-state index is 0.0206. The molecule has 2 aromatic heterocycles. The van der Waals surface area contributed by atoms with Gasteiger partial charge in [-0.3, -0.25) is 4.79 Å². The lowest BCUT2D eigenvalue weighted by Crippen LogP contribution is -2.36. The fourth-order valence-electron chi connectivity index (χ4n) is 4.52. The van der Waals surface area contributed by atoms with Crippen LogP contribution in [0.15, 0.2) is 64.4 Å². The highest BCUT2D eigenvalue weighted by atomic mass is 32.2. The minimum Gasteiger partial charge on any atom is -0.380 e. The van der Waals surface area contributed by atoms with E-state index in [0.29, 0.717) is 65.3 Å². The first kappa shape index (κ1) is 25.8. The highest BCUT2D eigenvalue weighted by Crippen LogP contribution is 2.31. The number of ether oxygens (including phenoxy) is 2. The van der Waals surface area contributed by atoms with Crippen molar-refractivity contribution in [3.8, 4) is 11.3 Å². The molecule has 0 amide bonds. The van der Waals surface area contributed by atoms with Gasteiger partial charge in [0.05, 0.1) is 41.5 Å². The molecule has 0 saturated carbocycles. The average Bonchev–Trinajstić information content (AvgIpc) is 2.89. The molecule has 5 rings (SSSR count). The van der Waals surface area contributed by atoms with Crippen molar-refractivity contribution in [2.75, 3.05) is 43.6 Å². The molecule has 2 aromatic carbocycles. The number of aromatic amines is 1. The van der Waals surface area contributed by atoms with Gasteiger partial charge in [0.2, 0.25) is 10.0 Å². The highest BCUT2D eigenvalue weighted by molar-refractivity contribution is 7.89. The maximum Gasteiger partial charge on any atom is 0.259 e. The number of methoxy groups -OCH3 is 1. The fraction of sp³-hybridized carbons (Fsp3) is 0.231. The van der Waals surface area contributed by atoms with Gasteiger partial charge in [-0.15, -0.1) is 0 Å². The molecule has 0 unspecified atom stereocenters. The number of rotatable bonds is 7. The number of anilines is 3. The number of fused-ring (bicyclic) bond motifs is 1. The molecule has 38 heavy (non-hydrogen) atoms. The second-order valence-corrected chi connectivity index (χ2v) is 10.3. The maximum absolute atomic E-state index is 15.0. The first-order chi connectivity index (χ1) is 18.2. The normalized spacial score (nSPS) is 14.1. The van der Waals surface area contributed by atoms with Crippen LogP contribution in [-0.2, 0) is 26.1 Å². The number of nitrogens with zero attached hydrogens (tertiary/aromatic N) is 2. The summed E-state index contributed by atoms with van der Waals surface area (Å²) in [6, 6.07) is 12.8. The van der Waals surface area contributed by atoms with Crippen LogP contribution >= 0.6 is 0 Å². The molecule has 0 spiro atoms. The topological polar surface area (TPSA) is 140 Å². The van der Waals surface area contributed by atoms with Gasteiger partial charge in [-0.05, 0) is 53.4 Å².